The van der Waals surface area contributed by atoms with Gasteiger partial charge in [0.2, 0.25) is 0 Å². The molecular weight excluding hydrogens is 200 g/mol. The zero-order chi connectivity index (χ0) is 12.3. The van der Waals surface area contributed by atoms with Gasteiger partial charge in [0, 0.05) is 18.5 Å². The Bertz CT molecular complexity index is 328. The average Bonchev–Trinajstić information content (AvgIpc) is 2.56. The normalized spacial score (nSPS) is 13.8. The van der Waals surface area contributed by atoms with E-state index in [1.54, 1.807) is 0 Å². The first-order valence-corrected chi connectivity index (χ1v) is 6.08. The third-order valence-electron chi connectivity index (χ3n) is 2.81. The Morgan fingerprint density at radius 1 is 1.19 bits per heavy atom. The molecule has 0 aromatic carbocycles. The number of hydrogen-bond donors (Lipinski definition) is 1. The van der Waals surface area contributed by atoms with Crippen LogP contribution in [0.3, 0.4) is 0 Å². The third-order valence-corrected chi connectivity index (χ3v) is 2.81. The monoisotopic (exact) mass is 224 g/mol. The molecule has 0 bridgehead atoms. The van der Waals surface area contributed by atoms with Crippen LogP contribution in [-0.2, 0) is 0 Å². The van der Waals surface area contributed by atoms with Crippen LogP contribution in [0.25, 0.3) is 0 Å². The van der Waals surface area contributed by atoms with Crippen molar-refractivity contribution in [2.24, 2.45) is 11.7 Å². The van der Waals surface area contributed by atoms with Gasteiger partial charge in [-0.3, -0.25) is 0 Å². The number of hydrogen-bond acceptors (Lipinski definition) is 3. The van der Waals surface area contributed by atoms with E-state index in [1.807, 2.05) is 6.92 Å². The number of rotatable bonds is 5. The fraction of sp³-hybridized carbons (Fsp3) is 0.833. The molecule has 2 N–H and O–H groups in total. The molecule has 0 spiro atoms. The van der Waals surface area contributed by atoms with Gasteiger partial charge in [0.25, 0.3) is 0 Å². The summed E-state index contributed by atoms with van der Waals surface area (Å²) in [5.41, 5.74) is 5.85. The topological polar surface area (TPSA) is 56.7 Å². The maximum atomic E-state index is 5.85. The van der Waals surface area contributed by atoms with Crippen molar-refractivity contribution in [2.75, 3.05) is 6.54 Å². The second kappa shape index (κ2) is 5.43. The summed E-state index contributed by atoms with van der Waals surface area (Å²) in [6, 6.07) is 0.395. The first-order chi connectivity index (χ1) is 7.47. The van der Waals surface area contributed by atoms with E-state index >= 15 is 0 Å². The van der Waals surface area contributed by atoms with E-state index < -0.39 is 0 Å². The van der Waals surface area contributed by atoms with Gasteiger partial charge >= 0.3 is 0 Å². The van der Waals surface area contributed by atoms with Gasteiger partial charge in [0.05, 0.1) is 0 Å². The summed E-state index contributed by atoms with van der Waals surface area (Å²) in [6.07, 6.45) is 1.07. The lowest BCUT2D eigenvalue weighted by Crippen LogP contribution is -2.20. The van der Waals surface area contributed by atoms with Crippen LogP contribution >= 0.6 is 0 Å². The van der Waals surface area contributed by atoms with Gasteiger partial charge in [0.15, 0.2) is 0 Å². The van der Waals surface area contributed by atoms with Crippen LogP contribution < -0.4 is 5.73 Å². The maximum absolute atomic E-state index is 5.85. The molecule has 0 amide bonds. The molecule has 0 saturated heterocycles. The first kappa shape index (κ1) is 13.2. The Balaban J connectivity index is 3.00. The highest BCUT2D eigenvalue weighted by molar-refractivity contribution is 5.03. The Hall–Kier alpha value is -0.900. The predicted octanol–water partition coefficient (Wildman–Crippen LogP) is 2.26. The van der Waals surface area contributed by atoms with Crippen LogP contribution in [0, 0.1) is 12.8 Å². The minimum Gasteiger partial charge on any atom is -0.330 e. The summed E-state index contributed by atoms with van der Waals surface area (Å²) in [5.74, 6) is 2.98. The first-order valence-electron chi connectivity index (χ1n) is 6.08. The molecule has 1 atom stereocenters. The molecule has 0 radical (unpaired) electrons. The van der Waals surface area contributed by atoms with Gasteiger partial charge in [-0.05, 0) is 33.1 Å². The van der Waals surface area contributed by atoms with E-state index in [4.69, 9.17) is 5.73 Å². The number of nitrogens with zero attached hydrogens (tertiary/aromatic N) is 3. The van der Waals surface area contributed by atoms with Crippen molar-refractivity contribution in [3.63, 3.8) is 0 Å². The van der Waals surface area contributed by atoms with E-state index in [1.165, 1.54) is 0 Å². The van der Waals surface area contributed by atoms with Crippen LogP contribution in [0.15, 0.2) is 0 Å². The molecule has 0 aliphatic rings. The van der Waals surface area contributed by atoms with Crippen molar-refractivity contribution < 1.29 is 0 Å². The van der Waals surface area contributed by atoms with Crippen molar-refractivity contribution in [1.82, 2.24) is 14.8 Å². The molecule has 1 rings (SSSR count). The second-order valence-corrected chi connectivity index (χ2v) is 5.13. The Labute approximate surface area is 98.2 Å². The molecule has 0 saturated carbocycles. The van der Waals surface area contributed by atoms with E-state index in [-0.39, 0.29) is 0 Å². The van der Waals surface area contributed by atoms with E-state index in [9.17, 15) is 0 Å². The predicted molar refractivity (Wildman–Crippen MR) is 66.4 cm³/mol. The summed E-state index contributed by atoms with van der Waals surface area (Å²) in [7, 11) is 0. The molecule has 1 heterocycles. The van der Waals surface area contributed by atoms with Gasteiger partial charge in [0.1, 0.15) is 11.6 Å². The van der Waals surface area contributed by atoms with Gasteiger partial charge < -0.3 is 10.3 Å². The van der Waals surface area contributed by atoms with Gasteiger partial charge in [-0.15, -0.1) is 10.2 Å². The molecule has 4 nitrogen and oxygen atoms in total. The minimum absolute atomic E-state index is 0.323. The zero-order valence-corrected chi connectivity index (χ0v) is 11.1. The molecule has 4 heteroatoms. The van der Waals surface area contributed by atoms with Gasteiger partial charge in [-0.2, -0.15) is 0 Å². The number of nitrogens with two attached hydrogens (primary N) is 1. The van der Waals surface area contributed by atoms with Crippen LogP contribution in [0.1, 0.15) is 57.7 Å². The van der Waals surface area contributed by atoms with Crippen molar-refractivity contribution in [3.8, 4) is 0 Å². The molecular formula is C12H24N4. The maximum Gasteiger partial charge on any atom is 0.137 e. The highest BCUT2D eigenvalue weighted by Crippen LogP contribution is 2.24. The summed E-state index contributed by atoms with van der Waals surface area (Å²) in [4.78, 5) is 0. The van der Waals surface area contributed by atoms with E-state index in [0.29, 0.717) is 24.4 Å². The van der Waals surface area contributed by atoms with Crippen molar-refractivity contribution in [2.45, 2.75) is 53.0 Å². The summed E-state index contributed by atoms with van der Waals surface area (Å²) in [6.45, 7) is 11.4. The lowest BCUT2D eigenvalue weighted by molar-refractivity contribution is 0.451. The van der Waals surface area contributed by atoms with E-state index in [0.717, 1.165) is 18.1 Å². The molecule has 1 aromatic heterocycles. The second-order valence-electron chi connectivity index (χ2n) is 5.13. The Morgan fingerprint density at radius 3 is 2.25 bits per heavy atom. The highest BCUT2D eigenvalue weighted by atomic mass is 15.3. The van der Waals surface area contributed by atoms with Crippen LogP contribution in [0.5, 0.6) is 0 Å². The molecule has 92 valence electrons. The lowest BCUT2D eigenvalue weighted by Gasteiger charge is -2.20. The lowest BCUT2D eigenvalue weighted by atomic mass is 9.96. The molecule has 0 aliphatic heterocycles. The smallest absolute Gasteiger partial charge is 0.137 e. The SMILES string of the molecule is Cc1nnc(C(CN)CC(C)C)n1C(C)C. The molecule has 1 unspecified atom stereocenters. The molecule has 0 fully saturated rings. The fourth-order valence-electron chi connectivity index (χ4n) is 2.18. The number of aryl methyl sites for hydroxylation is 1. The van der Waals surface area contributed by atoms with Gasteiger partial charge in [-0.25, -0.2) is 0 Å². The van der Waals surface area contributed by atoms with Crippen LogP contribution in [0.2, 0.25) is 0 Å². The van der Waals surface area contributed by atoms with E-state index in [2.05, 4.69) is 42.5 Å². The largest absolute Gasteiger partial charge is 0.330 e. The highest BCUT2D eigenvalue weighted by Gasteiger charge is 2.20. The summed E-state index contributed by atoms with van der Waals surface area (Å²) < 4.78 is 2.19. The van der Waals surface area contributed by atoms with Crippen molar-refractivity contribution >= 4 is 0 Å². The third kappa shape index (κ3) is 2.82. The quantitative estimate of drug-likeness (QED) is 0.834. The summed E-state index contributed by atoms with van der Waals surface area (Å²) in [5, 5.41) is 8.47. The Kier molecular flexibility index (Phi) is 4.47. The zero-order valence-electron chi connectivity index (χ0n) is 11.1. The Morgan fingerprint density at radius 2 is 1.81 bits per heavy atom. The standard InChI is InChI=1S/C12H24N4/c1-8(2)6-11(7-13)12-15-14-10(5)16(12)9(3)4/h8-9,11H,6-7,13H2,1-5H3. The summed E-state index contributed by atoms with van der Waals surface area (Å²) >= 11 is 0. The number of aromatic nitrogens is 3. The molecule has 1 aromatic rings. The van der Waals surface area contributed by atoms with Crippen molar-refractivity contribution in [3.05, 3.63) is 11.6 Å². The minimum atomic E-state index is 0.323. The average molecular weight is 224 g/mol. The fourth-order valence-corrected chi connectivity index (χ4v) is 2.18. The van der Waals surface area contributed by atoms with Crippen molar-refractivity contribution in [1.29, 1.82) is 0 Å². The van der Waals surface area contributed by atoms with Crippen LogP contribution in [-0.4, -0.2) is 21.3 Å². The van der Waals surface area contributed by atoms with Gasteiger partial charge in [-0.1, -0.05) is 13.8 Å². The van der Waals surface area contributed by atoms with Crippen LogP contribution in [0.4, 0.5) is 0 Å². The molecule has 0 aliphatic carbocycles. The molecule has 16 heavy (non-hydrogen) atoms.